The summed E-state index contributed by atoms with van der Waals surface area (Å²) in [5.74, 6) is -0.0159. The Kier molecular flexibility index (Phi) is 3.83. The highest BCUT2D eigenvalue weighted by molar-refractivity contribution is 6.06. The summed E-state index contributed by atoms with van der Waals surface area (Å²) >= 11 is 0. The number of carbonyl (C=O) groups is 1. The minimum Gasteiger partial charge on any atom is -0.378 e. The van der Waals surface area contributed by atoms with Crippen LogP contribution in [0.5, 0.6) is 0 Å². The molecule has 6 heteroatoms. The lowest BCUT2D eigenvalue weighted by Crippen LogP contribution is -2.67. The van der Waals surface area contributed by atoms with Crippen LogP contribution in [0, 0.1) is 19.3 Å². The maximum atomic E-state index is 13.1. The summed E-state index contributed by atoms with van der Waals surface area (Å²) in [6.45, 7) is 6.63. The van der Waals surface area contributed by atoms with Crippen molar-refractivity contribution in [3.8, 4) is 0 Å². The lowest BCUT2D eigenvalue weighted by Gasteiger charge is -2.61. The molecular weight excluding hydrogens is 316 g/mol. The summed E-state index contributed by atoms with van der Waals surface area (Å²) in [6.07, 6.45) is 4.75. The predicted molar refractivity (Wildman–Crippen MR) is 95.6 cm³/mol. The normalized spacial score (nSPS) is 24.2. The van der Waals surface area contributed by atoms with Gasteiger partial charge in [-0.3, -0.25) is 9.48 Å². The Hall–Kier alpha value is -1.95. The second kappa shape index (κ2) is 5.80. The fourth-order valence-corrected chi connectivity index (χ4v) is 4.63. The Balaban J connectivity index is 1.61. The fourth-order valence-electron chi connectivity index (χ4n) is 4.63. The van der Waals surface area contributed by atoms with Gasteiger partial charge in [0, 0.05) is 30.8 Å². The summed E-state index contributed by atoms with van der Waals surface area (Å²) in [5.41, 5.74) is 3.29. The number of nitrogens with one attached hydrogen (secondary N) is 1. The Bertz CT molecular complexity index is 838. The van der Waals surface area contributed by atoms with Crippen molar-refractivity contribution in [2.75, 3.05) is 6.61 Å². The van der Waals surface area contributed by atoms with Gasteiger partial charge < -0.3 is 10.1 Å². The molecular formula is C19H26N4O2. The van der Waals surface area contributed by atoms with Gasteiger partial charge in [-0.25, -0.2) is 4.98 Å². The van der Waals surface area contributed by atoms with Crippen LogP contribution in [0.1, 0.15) is 54.4 Å². The Labute approximate surface area is 147 Å². The lowest BCUT2D eigenvalue weighted by atomic mass is 9.51. The van der Waals surface area contributed by atoms with Crippen LogP contribution in [0.25, 0.3) is 11.0 Å². The van der Waals surface area contributed by atoms with Crippen molar-refractivity contribution in [2.45, 2.75) is 58.6 Å². The molecule has 2 aliphatic rings. The molecule has 0 unspecified atom stereocenters. The second-order valence-electron chi connectivity index (χ2n) is 7.51. The first-order chi connectivity index (χ1) is 12.0. The van der Waals surface area contributed by atoms with E-state index in [2.05, 4.69) is 15.4 Å². The number of fused-ring (bicyclic) bond motifs is 1. The van der Waals surface area contributed by atoms with Gasteiger partial charge in [-0.2, -0.15) is 5.10 Å². The van der Waals surface area contributed by atoms with Crippen LogP contribution in [0.4, 0.5) is 0 Å². The van der Waals surface area contributed by atoms with Crippen molar-refractivity contribution in [1.29, 1.82) is 0 Å². The fraction of sp³-hybridized carbons (Fsp3) is 0.632. The van der Waals surface area contributed by atoms with Gasteiger partial charge >= 0.3 is 0 Å². The smallest absolute Gasteiger partial charge is 0.252 e. The first kappa shape index (κ1) is 16.5. The van der Waals surface area contributed by atoms with Gasteiger partial charge in [-0.1, -0.05) is 6.42 Å². The molecule has 4 rings (SSSR count). The molecule has 1 spiro atoms. The van der Waals surface area contributed by atoms with Crippen LogP contribution in [0.3, 0.4) is 0 Å². The number of hydrogen-bond acceptors (Lipinski definition) is 4. The van der Waals surface area contributed by atoms with E-state index >= 15 is 0 Å². The van der Waals surface area contributed by atoms with Crippen LogP contribution in [-0.4, -0.2) is 39.4 Å². The van der Waals surface area contributed by atoms with E-state index in [1.54, 1.807) is 4.68 Å². The Morgan fingerprint density at radius 2 is 2.20 bits per heavy atom. The molecule has 0 radical (unpaired) electrons. The highest BCUT2D eigenvalue weighted by atomic mass is 16.5. The summed E-state index contributed by atoms with van der Waals surface area (Å²) in [5, 5.41) is 8.58. The third kappa shape index (κ3) is 2.38. The number of hydrogen-bond donors (Lipinski definition) is 1. The Morgan fingerprint density at radius 3 is 2.84 bits per heavy atom. The zero-order valence-corrected chi connectivity index (χ0v) is 15.4. The molecule has 2 heterocycles. The van der Waals surface area contributed by atoms with Crippen molar-refractivity contribution >= 4 is 16.9 Å². The first-order valence-electron chi connectivity index (χ1n) is 9.19. The van der Waals surface area contributed by atoms with E-state index in [9.17, 15) is 4.79 Å². The minimum absolute atomic E-state index is 0.0159. The summed E-state index contributed by atoms with van der Waals surface area (Å²) in [6, 6.07) is 2.09. The average Bonchev–Trinajstić information content (AvgIpc) is 2.78. The highest BCUT2D eigenvalue weighted by Gasteiger charge is 2.59. The number of aromatic nitrogens is 3. The number of amides is 1. The predicted octanol–water partition coefficient (Wildman–Crippen LogP) is 2.66. The monoisotopic (exact) mass is 342 g/mol. The molecule has 6 nitrogen and oxygen atoms in total. The molecule has 2 aromatic heterocycles. The number of rotatable bonds is 4. The van der Waals surface area contributed by atoms with E-state index in [1.165, 1.54) is 6.42 Å². The van der Waals surface area contributed by atoms with Gasteiger partial charge in [0.15, 0.2) is 5.65 Å². The molecule has 2 atom stereocenters. The van der Waals surface area contributed by atoms with Gasteiger partial charge in [-0.05, 0) is 46.1 Å². The van der Waals surface area contributed by atoms with Crippen LogP contribution in [0.15, 0.2) is 6.07 Å². The molecule has 2 fully saturated rings. The lowest BCUT2D eigenvalue weighted by molar-refractivity contribution is -0.169. The first-order valence-corrected chi connectivity index (χ1v) is 9.19. The van der Waals surface area contributed by atoms with Crippen LogP contribution < -0.4 is 5.32 Å². The summed E-state index contributed by atoms with van der Waals surface area (Å²) in [7, 11) is 1.87. The summed E-state index contributed by atoms with van der Waals surface area (Å²) < 4.78 is 7.64. The van der Waals surface area contributed by atoms with E-state index in [1.807, 2.05) is 33.9 Å². The number of carbonyl (C=O) groups excluding carboxylic acids is 1. The molecule has 0 aromatic carbocycles. The van der Waals surface area contributed by atoms with E-state index in [0.29, 0.717) is 11.7 Å². The molecule has 0 saturated heterocycles. The zero-order valence-electron chi connectivity index (χ0n) is 15.4. The molecule has 2 aromatic rings. The molecule has 2 saturated carbocycles. The van der Waals surface area contributed by atoms with Crippen molar-refractivity contribution in [1.82, 2.24) is 20.1 Å². The second-order valence-corrected chi connectivity index (χ2v) is 7.51. The third-order valence-electron chi connectivity index (χ3n) is 6.08. The molecule has 2 aliphatic carbocycles. The zero-order chi connectivity index (χ0) is 17.8. The molecule has 0 aliphatic heterocycles. The van der Waals surface area contributed by atoms with Crippen LogP contribution in [0.2, 0.25) is 0 Å². The van der Waals surface area contributed by atoms with Gasteiger partial charge in [0.25, 0.3) is 5.91 Å². The van der Waals surface area contributed by atoms with E-state index in [4.69, 9.17) is 4.74 Å². The largest absolute Gasteiger partial charge is 0.378 e. The molecule has 25 heavy (non-hydrogen) atoms. The van der Waals surface area contributed by atoms with Crippen molar-refractivity contribution in [3.63, 3.8) is 0 Å². The number of nitrogens with zero attached hydrogens (tertiary/aromatic N) is 3. The quantitative estimate of drug-likeness (QED) is 0.927. The summed E-state index contributed by atoms with van der Waals surface area (Å²) in [4.78, 5) is 17.6. The van der Waals surface area contributed by atoms with Gasteiger partial charge in [0.1, 0.15) is 0 Å². The van der Waals surface area contributed by atoms with E-state index in [0.717, 1.165) is 48.3 Å². The standard InChI is InChI=1S/C19H26N4O2/c1-5-25-15-10-14(19(15)7-6-8-19)21-18(24)13-9-11(2)20-17-16(13)12(3)22-23(17)4/h9,14-15H,5-8,10H2,1-4H3,(H,21,24)/t14-,15+/m1/s1. The topological polar surface area (TPSA) is 69.0 Å². The number of pyridine rings is 1. The molecule has 1 amide bonds. The SMILES string of the molecule is CCO[C@H]1C[C@@H](NC(=O)c2cc(C)nc3c2c(C)nn3C)C12CCC2. The maximum absolute atomic E-state index is 13.1. The molecule has 1 N–H and O–H groups in total. The van der Waals surface area contributed by atoms with Crippen LogP contribution >= 0.6 is 0 Å². The van der Waals surface area contributed by atoms with Crippen molar-refractivity contribution in [3.05, 3.63) is 23.0 Å². The van der Waals surface area contributed by atoms with E-state index in [-0.39, 0.29) is 17.4 Å². The van der Waals surface area contributed by atoms with Gasteiger partial charge in [0.05, 0.1) is 22.7 Å². The van der Waals surface area contributed by atoms with Gasteiger partial charge in [-0.15, -0.1) is 0 Å². The maximum Gasteiger partial charge on any atom is 0.252 e. The van der Waals surface area contributed by atoms with Gasteiger partial charge in [0.2, 0.25) is 0 Å². The van der Waals surface area contributed by atoms with Crippen molar-refractivity contribution < 1.29 is 9.53 Å². The highest BCUT2D eigenvalue weighted by Crippen LogP contribution is 2.57. The third-order valence-corrected chi connectivity index (χ3v) is 6.08. The molecule has 0 bridgehead atoms. The van der Waals surface area contributed by atoms with Crippen molar-refractivity contribution in [2.24, 2.45) is 12.5 Å². The Morgan fingerprint density at radius 1 is 1.44 bits per heavy atom. The van der Waals surface area contributed by atoms with E-state index < -0.39 is 0 Å². The van der Waals surface area contributed by atoms with Crippen LogP contribution in [-0.2, 0) is 11.8 Å². The average molecular weight is 342 g/mol. The molecule has 134 valence electrons. The number of ether oxygens (including phenoxy) is 1. The number of aryl methyl sites for hydroxylation is 3. The minimum atomic E-state index is -0.0159.